The summed E-state index contributed by atoms with van der Waals surface area (Å²) in [4.78, 5) is 0. The lowest BCUT2D eigenvalue weighted by molar-refractivity contribution is 0.393. The Balaban J connectivity index is 2.34. The molecule has 0 aliphatic heterocycles. The quantitative estimate of drug-likeness (QED) is 0.559. The molecule has 2 atom stereocenters. The molecule has 0 heteroatoms. The maximum absolute atomic E-state index is 2.35. The van der Waals surface area contributed by atoms with Crippen LogP contribution < -0.4 is 0 Å². The molecule has 0 heterocycles. The SMILES string of the molecule is CCCC1(CC)CC1CC. The Bertz CT molecular complexity index is 107. The molecule has 0 spiro atoms. The highest BCUT2D eigenvalue weighted by molar-refractivity contribution is 4.99. The van der Waals surface area contributed by atoms with E-state index in [1.807, 2.05) is 0 Å². The van der Waals surface area contributed by atoms with Crippen molar-refractivity contribution < 1.29 is 0 Å². The summed E-state index contributed by atoms with van der Waals surface area (Å²) in [6, 6.07) is 0. The zero-order valence-electron chi connectivity index (χ0n) is 7.61. The molecule has 0 amide bonds. The first-order valence-corrected chi connectivity index (χ1v) is 4.79. The largest absolute Gasteiger partial charge is 0.0654 e. The Labute approximate surface area is 65.0 Å². The van der Waals surface area contributed by atoms with Crippen LogP contribution in [0.25, 0.3) is 0 Å². The van der Waals surface area contributed by atoms with Crippen molar-refractivity contribution in [2.75, 3.05) is 0 Å². The Kier molecular flexibility index (Phi) is 2.38. The van der Waals surface area contributed by atoms with Crippen LogP contribution in [0.5, 0.6) is 0 Å². The highest BCUT2D eigenvalue weighted by atomic mass is 14.5. The van der Waals surface area contributed by atoms with Gasteiger partial charge in [-0.1, -0.05) is 40.0 Å². The second-order valence-corrected chi connectivity index (χ2v) is 3.78. The minimum Gasteiger partial charge on any atom is -0.0654 e. The van der Waals surface area contributed by atoms with Gasteiger partial charge in [0.15, 0.2) is 0 Å². The molecule has 0 N–H and O–H groups in total. The van der Waals surface area contributed by atoms with Crippen molar-refractivity contribution in [3.8, 4) is 0 Å². The lowest BCUT2D eigenvalue weighted by Crippen LogP contribution is -2.00. The van der Waals surface area contributed by atoms with E-state index in [1.165, 1.54) is 32.1 Å². The summed E-state index contributed by atoms with van der Waals surface area (Å²) in [7, 11) is 0. The van der Waals surface area contributed by atoms with Gasteiger partial charge in [-0.2, -0.15) is 0 Å². The Hall–Kier alpha value is 0. The molecule has 1 aliphatic rings. The maximum Gasteiger partial charge on any atom is -0.0269 e. The Morgan fingerprint density at radius 3 is 2.30 bits per heavy atom. The average Bonchev–Trinajstić information content (AvgIpc) is 2.65. The fourth-order valence-corrected chi connectivity index (χ4v) is 2.42. The first kappa shape index (κ1) is 8.10. The second-order valence-electron chi connectivity index (χ2n) is 3.78. The highest BCUT2D eigenvalue weighted by Crippen LogP contribution is 2.59. The van der Waals surface area contributed by atoms with Crippen molar-refractivity contribution in [2.45, 2.75) is 52.9 Å². The van der Waals surface area contributed by atoms with E-state index in [4.69, 9.17) is 0 Å². The zero-order valence-corrected chi connectivity index (χ0v) is 7.61. The minimum atomic E-state index is 0.809. The molecule has 0 aromatic carbocycles. The molecule has 60 valence electrons. The van der Waals surface area contributed by atoms with Gasteiger partial charge in [-0.05, 0) is 24.2 Å². The molecule has 10 heavy (non-hydrogen) atoms. The molecule has 1 fully saturated rings. The van der Waals surface area contributed by atoms with E-state index >= 15 is 0 Å². The summed E-state index contributed by atoms with van der Waals surface area (Å²) in [5, 5.41) is 0. The van der Waals surface area contributed by atoms with Gasteiger partial charge in [-0.15, -0.1) is 0 Å². The minimum absolute atomic E-state index is 0.809. The fourth-order valence-electron chi connectivity index (χ4n) is 2.42. The number of hydrogen-bond donors (Lipinski definition) is 0. The summed E-state index contributed by atoms with van der Waals surface area (Å²) in [6.45, 7) is 6.99. The fraction of sp³-hybridized carbons (Fsp3) is 1.00. The summed E-state index contributed by atoms with van der Waals surface area (Å²) in [5.41, 5.74) is 0.809. The van der Waals surface area contributed by atoms with Crippen LogP contribution in [0.1, 0.15) is 52.9 Å². The molecule has 0 saturated heterocycles. The van der Waals surface area contributed by atoms with Gasteiger partial charge in [0.25, 0.3) is 0 Å². The highest BCUT2D eigenvalue weighted by Gasteiger charge is 2.49. The van der Waals surface area contributed by atoms with Crippen LogP contribution in [-0.2, 0) is 0 Å². The Morgan fingerprint density at radius 1 is 1.30 bits per heavy atom. The van der Waals surface area contributed by atoms with Gasteiger partial charge < -0.3 is 0 Å². The van der Waals surface area contributed by atoms with Crippen LogP contribution in [0.15, 0.2) is 0 Å². The normalized spacial score (nSPS) is 38.1. The molecule has 1 aliphatic carbocycles. The van der Waals surface area contributed by atoms with E-state index in [-0.39, 0.29) is 0 Å². The molecule has 2 unspecified atom stereocenters. The molecule has 0 bridgehead atoms. The van der Waals surface area contributed by atoms with Crippen LogP contribution in [0.4, 0.5) is 0 Å². The summed E-state index contributed by atoms with van der Waals surface area (Å²) < 4.78 is 0. The van der Waals surface area contributed by atoms with Gasteiger partial charge in [0.05, 0.1) is 0 Å². The van der Waals surface area contributed by atoms with Crippen LogP contribution in [0.3, 0.4) is 0 Å². The Morgan fingerprint density at radius 2 is 2.00 bits per heavy atom. The maximum atomic E-state index is 2.35. The summed E-state index contributed by atoms with van der Waals surface area (Å²) in [6.07, 6.45) is 7.20. The molecule has 0 nitrogen and oxygen atoms in total. The van der Waals surface area contributed by atoms with Crippen molar-refractivity contribution in [1.29, 1.82) is 0 Å². The summed E-state index contributed by atoms with van der Waals surface area (Å²) >= 11 is 0. The predicted molar refractivity (Wildman–Crippen MR) is 46.0 cm³/mol. The van der Waals surface area contributed by atoms with Gasteiger partial charge in [0.2, 0.25) is 0 Å². The number of rotatable bonds is 4. The van der Waals surface area contributed by atoms with Gasteiger partial charge in [0, 0.05) is 0 Å². The van der Waals surface area contributed by atoms with Gasteiger partial charge in [0.1, 0.15) is 0 Å². The van der Waals surface area contributed by atoms with Crippen LogP contribution in [-0.4, -0.2) is 0 Å². The zero-order chi connectivity index (χ0) is 7.61. The molecular weight excluding hydrogens is 120 g/mol. The monoisotopic (exact) mass is 140 g/mol. The second kappa shape index (κ2) is 2.94. The standard InChI is InChI=1S/C10H20/c1-4-7-10(6-3)8-9(10)5-2/h9H,4-8H2,1-3H3. The van der Waals surface area contributed by atoms with E-state index in [9.17, 15) is 0 Å². The summed E-state index contributed by atoms with van der Waals surface area (Å²) in [5.74, 6) is 1.08. The first-order chi connectivity index (χ1) is 4.79. The number of hydrogen-bond acceptors (Lipinski definition) is 0. The van der Waals surface area contributed by atoms with E-state index in [0.29, 0.717) is 0 Å². The lowest BCUT2D eigenvalue weighted by atomic mass is 9.94. The topological polar surface area (TPSA) is 0 Å². The lowest BCUT2D eigenvalue weighted by Gasteiger charge is -2.12. The third-order valence-corrected chi connectivity index (χ3v) is 3.30. The van der Waals surface area contributed by atoms with Crippen molar-refractivity contribution in [1.82, 2.24) is 0 Å². The third-order valence-electron chi connectivity index (χ3n) is 3.30. The average molecular weight is 140 g/mol. The van der Waals surface area contributed by atoms with Gasteiger partial charge in [-0.3, -0.25) is 0 Å². The van der Waals surface area contributed by atoms with Crippen molar-refractivity contribution in [2.24, 2.45) is 11.3 Å². The van der Waals surface area contributed by atoms with E-state index in [0.717, 1.165) is 11.3 Å². The molecule has 1 saturated carbocycles. The van der Waals surface area contributed by atoms with Crippen LogP contribution >= 0.6 is 0 Å². The van der Waals surface area contributed by atoms with Gasteiger partial charge in [-0.25, -0.2) is 0 Å². The van der Waals surface area contributed by atoms with Crippen molar-refractivity contribution in [3.63, 3.8) is 0 Å². The molecule has 0 aromatic rings. The molecule has 0 radical (unpaired) electrons. The molecular formula is C10H20. The van der Waals surface area contributed by atoms with Gasteiger partial charge >= 0.3 is 0 Å². The molecule has 0 aromatic heterocycles. The first-order valence-electron chi connectivity index (χ1n) is 4.79. The van der Waals surface area contributed by atoms with Crippen molar-refractivity contribution in [3.05, 3.63) is 0 Å². The molecule has 1 rings (SSSR count). The third kappa shape index (κ3) is 1.21. The van der Waals surface area contributed by atoms with Crippen LogP contribution in [0.2, 0.25) is 0 Å². The van der Waals surface area contributed by atoms with Crippen molar-refractivity contribution >= 4 is 0 Å². The smallest absolute Gasteiger partial charge is 0.0269 e. The van der Waals surface area contributed by atoms with E-state index in [2.05, 4.69) is 20.8 Å². The van der Waals surface area contributed by atoms with E-state index < -0.39 is 0 Å². The van der Waals surface area contributed by atoms with E-state index in [1.54, 1.807) is 0 Å². The van der Waals surface area contributed by atoms with Crippen LogP contribution in [0, 0.1) is 11.3 Å². The predicted octanol–water partition coefficient (Wildman–Crippen LogP) is 3.61.